The van der Waals surface area contributed by atoms with Gasteiger partial charge in [-0.2, -0.15) is 0 Å². The largest absolute Gasteiger partial charge is 0.356 e. The molecular weight excluding hydrogens is 372 g/mol. The lowest BCUT2D eigenvalue weighted by molar-refractivity contribution is 0.378. The van der Waals surface area contributed by atoms with Crippen molar-refractivity contribution < 1.29 is 8.42 Å². The fraction of sp³-hybridized carbons (Fsp3) is 0.381. The van der Waals surface area contributed by atoms with E-state index in [-0.39, 0.29) is 5.75 Å². The summed E-state index contributed by atoms with van der Waals surface area (Å²) in [5, 5.41) is 3.39. The molecule has 0 bridgehead atoms. The van der Waals surface area contributed by atoms with E-state index < -0.39 is 10.0 Å². The molecular formula is C21H28N4O2S. The maximum Gasteiger partial charge on any atom is 0.215 e. The third-order valence-corrected chi connectivity index (χ3v) is 6.20. The first-order chi connectivity index (χ1) is 13.5. The third kappa shape index (κ3) is 5.33. The Hall–Kier alpha value is -2.38. The SMILES string of the molecule is CCNC(=NCc1ccc(CS(=O)(=O)NC)cc1)N1CCc2ccccc2C1. The summed E-state index contributed by atoms with van der Waals surface area (Å²) in [6.07, 6.45) is 1.02. The lowest BCUT2D eigenvalue weighted by atomic mass is 10.0. The number of nitrogens with zero attached hydrogens (tertiary/aromatic N) is 2. The van der Waals surface area contributed by atoms with Gasteiger partial charge in [-0.05, 0) is 42.6 Å². The molecule has 0 saturated heterocycles. The van der Waals surface area contributed by atoms with Crippen molar-refractivity contribution in [2.45, 2.75) is 32.2 Å². The smallest absolute Gasteiger partial charge is 0.215 e. The summed E-state index contributed by atoms with van der Waals surface area (Å²) in [4.78, 5) is 7.09. The normalized spacial score (nSPS) is 14.6. The number of hydrogen-bond acceptors (Lipinski definition) is 3. The second kappa shape index (κ2) is 9.21. The summed E-state index contributed by atoms with van der Waals surface area (Å²) in [5.41, 5.74) is 4.59. The van der Waals surface area contributed by atoms with Crippen LogP contribution in [0.25, 0.3) is 0 Å². The highest BCUT2D eigenvalue weighted by atomic mass is 32.2. The van der Waals surface area contributed by atoms with Gasteiger partial charge in [-0.1, -0.05) is 48.5 Å². The first-order valence-electron chi connectivity index (χ1n) is 9.60. The van der Waals surface area contributed by atoms with Gasteiger partial charge in [0.2, 0.25) is 10.0 Å². The van der Waals surface area contributed by atoms with Crippen LogP contribution in [0.3, 0.4) is 0 Å². The Labute approximate surface area is 167 Å². The Bertz CT molecular complexity index is 924. The monoisotopic (exact) mass is 400 g/mol. The van der Waals surface area contributed by atoms with E-state index >= 15 is 0 Å². The number of fused-ring (bicyclic) bond motifs is 1. The van der Waals surface area contributed by atoms with Crippen molar-refractivity contribution in [1.82, 2.24) is 14.9 Å². The summed E-state index contributed by atoms with van der Waals surface area (Å²) in [6.45, 7) is 5.26. The standard InChI is InChI=1S/C21H28N4O2S/c1-3-23-21(25-13-12-19-6-4-5-7-20(19)15-25)24-14-17-8-10-18(11-9-17)16-28(26,27)22-2/h4-11,22H,3,12-16H2,1-2H3,(H,23,24). The van der Waals surface area contributed by atoms with Crippen LogP contribution in [-0.4, -0.2) is 39.4 Å². The van der Waals surface area contributed by atoms with E-state index in [1.807, 2.05) is 24.3 Å². The van der Waals surface area contributed by atoms with Crippen LogP contribution >= 0.6 is 0 Å². The van der Waals surface area contributed by atoms with E-state index in [0.717, 1.165) is 43.1 Å². The molecule has 3 rings (SSSR count). The topological polar surface area (TPSA) is 73.8 Å². The predicted molar refractivity (Wildman–Crippen MR) is 113 cm³/mol. The van der Waals surface area contributed by atoms with Crippen LogP contribution in [0.1, 0.15) is 29.2 Å². The van der Waals surface area contributed by atoms with E-state index in [2.05, 4.69) is 46.1 Å². The van der Waals surface area contributed by atoms with E-state index in [0.29, 0.717) is 6.54 Å². The maximum atomic E-state index is 11.7. The minimum Gasteiger partial charge on any atom is -0.356 e. The minimum atomic E-state index is -3.25. The zero-order chi connectivity index (χ0) is 20.0. The molecule has 0 fully saturated rings. The van der Waals surface area contributed by atoms with Gasteiger partial charge >= 0.3 is 0 Å². The number of hydrogen-bond donors (Lipinski definition) is 2. The molecule has 0 atom stereocenters. The van der Waals surface area contributed by atoms with Crippen molar-refractivity contribution in [2.75, 3.05) is 20.1 Å². The molecule has 0 spiro atoms. The molecule has 0 unspecified atom stereocenters. The van der Waals surface area contributed by atoms with Crippen LogP contribution < -0.4 is 10.0 Å². The van der Waals surface area contributed by atoms with Crippen molar-refractivity contribution in [1.29, 1.82) is 0 Å². The van der Waals surface area contributed by atoms with Crippen molar-refractivity contribution in [2.24, 2.45) is 4.99 Å². The first kappa shape index (κ1) is 20.4. The quantitative estimate of drug-likeness (QED) is 0.576. The average Bonchev–Trinajstić information content (AvgIpc) is 2.71. The lowest BCUT2D eigenvalue weighted by Gasteiger charge is -2.31. The fourth-order valence-corrected chi connectivity index (χ4v) is 4.08. The maximum absolute atomic E-state index is 11.7. The Morgan fingerprint density at radius 3 is 2.43 bits per heavy atom. The Balaban J connectivity index is 1.68. The zero-order valence-corrected chi connectivity index (χ0v) is 17.3. The van der Waals surface area contributed by atoms with Gasteiger partial charge in [-0.15, -0.1) is 0 Å². The second-order valence-electron chi connectivity index (χ2n) is 6.89. The minimum absolute atomic E-state index is 0.0110. The Kier molecular flexibility index (Phi) is 6.70. The number of guanidine groups is 1. The Morgan fingerprint density at radius 2 is 1.75 bits per heavy atom. The number of nitrogens with one attached hydrogen (secondary N) is 2. The second-order valence-corrected chi connectivity index (χ2v) is 8.82. The highest BCUT2D eigenvalue weighted by molar-refractivity contribution is 7.88. The molecule has 2 aromatic rings. The highest BCUT2D eigenvalue weighted by Gasteiger charge is 2.18. The van der Waals surface area contributed by atoms with E-state index in [4.69, 9.17) is 4.99 Å². The molecule has 28 heavy (non-hydrogen) atoms. The molecule has 150 valence electrons. The van der Waals surface area contributed by atoms with Gasteiger partial charge in [0.1, 0.15) is 0 Å². The van der Waals surface area contributed by atoms with Crippen molar-refractivity contribution in [3.8, 4) is 0 Å². The predicted octanol–water partition coefficient (Wildman–Crippen LogP) is 2.26. The summed E-state index contributed by atoms with van der Waals surface area (Å²) in [6, 6.07) is 16.2. The van der Waals surface area contributed by atoms with E-state index in [9.17, 15) is 8.42 Å². The van der Waals surface area contributed by atoms with Crippen molar-refractivity contribution >= 4 is 16.0 Å². The molecule has 0 radical (unpaired) electrons. The van der Waals surface area contributed by atoms with Crippen molar-refractivity contribution in [3.63, 3.8) is 0 Å². The van der Waals surface area contributed by atoms with Crippen LogP contribution in [-0.2, 0) is 35.3 Å². The molecule has 2 N–H and O–H groups in total. The Morgan fingerprint density at radius 1 is 1.07 bits per heavy atom. The molecule has 1 aliphatic rings. The average molecular weight is 401 g/mol. The molecule has 0 amide bonds. The molecule has 6 nitrogen and oxygen atoms in total. The molecule has 1 aliphatic heterocycles. The van der Waals surface area contributed by atoms with Gasteiger partial charge in [-0.25, -0.2) is 18.1 Å². The van der Waals surface area contributed by atoms with Gasteiger partial charge < -0.3 is 10.2 Å². The van der Waals surface area contributed by atoms with Gasteiger partial charge in [0, 0.05) is 19.6 Å². The number of rotatable bonds is 6. The molecule has 0 saturated carbocycles. The van der Waals surface area contributed by atoms with Crippen LogP contribution in [0.15, 0.2) is 53.5 Å². The molecule has 0 aromatic heterocycles. The molecule has 1 heterocycles. The molecule has 7 heteroatoms. The lowest BCUT2D eigenvalue weighted by Crippen LogP contribution is -2.44. The summed E-state index contributed by atoms with van der Waals surface area (Å²) in [7, 11) is -1.82. The van der Waals surface area contributed by atoms with Crippen LogP contribution in [0.5, 0.6) is 0 Å². The number of sulfonamides is 1. The summed E-state index contributed by atoms with van der Waals surface area (Å²) >= 11 is 0. The first-order valence-corrected chi connectivity index (χ1v) is 11.2. The highest BCUT2D eigenvalue weighted by Crippen LogP contribution is 2.18. The molecule has 0 aliphatic carbocycles. The fourth-order valence-electron chi connectivity index (χ4n) is 3.30. The van der Waals surface area contributed by atoms with Crippen molar-refractivity contribution in [3.05, 3.63) is 70.8 Å². The van der Waals surface area contributed by atoms with Gasteiger partial charge in [0.05, 0.1) is 12.3 Å². The third-order valence-electron chi connectivity index (χ3n) is 4.87. The van der Waals surface area contributed by atoms with Gasteiger partial charge in [0.15, 0.2) is 5.96 Å². The van der Waals surface area contributed by atoms with Crippen LogP contribution in [0, 0.1) is 0 Å². The van der Waals surface area contributed by atoms with E-state index in [1.54, 1.807) is 0 Å². The number of aliphatic imine (C=N–C) groups is 1. The van der Waals surface area contributed by atoms with Crippen LogP contribution in [0.2, 0.25) is 0 Å². The zero-order valence-electron chi connectivity index (χ0n) is 16.5. The van der Waals surface area contributed by atoms with Gasteiger partial charge in [0.25, 0.3) is 0 Å². The van der Waals surface area contributed by atoms with Crippen LogP contribution in [0.4, 0.5) is 0 Å². The van der Waals surface area contributed by atoms with Gasteiger partial charge in [-0.3, -0.25) is 0 Å². The summed E-state index contributed by atoms with van der Waals surface area (Å²) < 4.78 is 25.7. The van der Waals surface area contributed by atoms with E-state index in [1.165, 1.54) is 18.2 Å². The number of benzene rings is 2. The molecule has 2 aromatic carbocycles. The summed E-state index contributed by atoms with van der Waals surface area (Å²) in [5.74, 6) is 0.905.